The molecule has 3 N–H and O–H groups in total. The lowest BCUT2D eigenvalue weighted by Crippen LogP contribution is -2.44. The second-order valence-electron chi connectivity index (χ2n) is 8.38. The van der Waals surface area contributed by atoms with Gasteiger partial charge < -0.3 is 20.5 Å². The number of carbonyl (C=O) groups excluding carboxylic acids is 2. The number of hydrogen-bond donors (Lipinski definition) is 3. The summed E-state index contributed by atoms with van der Waals surface area (Å²) >= 11 is 0. The highest BCUT2D eigenvalue weighted by atomic mass is 16.5. The molecule has 3 rings (SSSR count). The Bertz CT molecular complexity index is 1030. The number of aliphatic carboxylic acids is 1. The molecule has 0 radical (unpaired) electrons. The maximum atomic E-state index is 12.6. The van der Waals surface area contributed by atoms with E-state index in [1.54, 1.807) is 0 Å². The number of benzene rings is 2. The molecule has 0 spiro atoms. The molecule has 0 aliphatic heterocycles. The number of amides is 2. The number of unbranched alkanes of at least 4 members (excludes halogenated alkanes) is 1. The average Bonchev–Trinajstić information content (AvgIpc) is 3.14. The number of hydrogen-bond acceptors (Lipinski definition) is 4. The van der Waals surface area contributed by atoms with Crippen molar-refractivity contribution in [1.29, 1.82) is 0 Å². The van der Waals surface area contributed by atoms with Crippen LogP contribution in [0.1, 0.15) is 56.1 Å². The lowest BCUT2D eigenvalue weighted by molar-refractivity contribution is -0.141. The molecular weight excluding hydrogens is 432 g/mol. The lowest BCUT2D eigenvalue weighted by atomic mass is 9.98. The number of carboxylic acids is 1. The zero-order valence-corrected chi connectivity index (χ0v) is 19.3. The van der Waals surface area contributed by atoms with Crippen LogP contribution in [0.5, 0.6) is 0 Å². The van der Waals surface area contributed by atoms with E-state index in [4.69, 9.17) is 11.2 Å². The molecule has 178 valence electrons. The molecule has 0 saturated heterocycles. The predicted molar refractivity (Wildman–Crippen MR) is 129 cm³/mol. The Labute approximate surface area is 199 Å². The van der Waals surface area contributed by atoms with Crippen molar-refractivity contribution in [3.05, 3.63) is 59.7 Å². The lowest BCUT2D eigenvalue weighted by Gasteiger charge is -2.20. The van der Waals surface area contributed by atoms with Crippen LogP contribution in [-0.2, 0) is 14.3 Å². The van der Waals surface area contributed by atoms with E-state index in [0.29, 0.717) is 6.42 Å². The van der Waals surface area contributed by atoms with Gasteiger partial charge in [0.25, 0.3) is 0 Å². The molecule has 0 fully saturated rings. The van der Waals surface area contributed by atoms with Gasteiger partial charge in [0.15, 0.2) is 0 Å². The quantitative estimate of drug-likeness (QED) is 0.437. The van der Waals surface area contributed by atoms with Gasteiger partial charge >= 0.3 is 12.1 Å². The van der Waals surface area contributed by atoms with Crippen molar-refractivity contribution in [2.45, 2.75) is 57.0 Å². The first-order valence-electron chi connectivity index (χ1n) is 11.5. The molecule has 0 heterocycles. The summed E-state index contributed by atoms with van der Waals surface area (Å²) < 4.78 is 5.59. The van der Waals surface area contributed by atoms with Crippen molar-refractivity contribution in [2.75, 3.05) is 6.61 Å². The van der Waals surface area contributed by atoms with E-state index in [1.807, 2.05) is 43.3 Å². The van der Waals surface area contributed by atoms with Gasteiger partial charge in [0, 0.05) is 24.8 Å². The zero-order chi connectivity index (χ0) is 24.5. The van der Waals surface area contributed by atoms with Gasteiger partial charge in [-0.2, -0.15) is 0 Å². The molecule has 7 heteroatoms. The van der Waals surface area contributed by atoms with Crippen LogP contribution in [0.15, 0.2) is 48.5 Å². The molecule has 1 aliphatic carbocycles. The van der Waals surface area contributed by atoms with Gasteiger partial charge in [-0.05, 0) is 28.7 Å². The average molecular weight is 463 g/mol. The molecule has 2 amide bonds. The minimum Gasteiger partial charge on any atom is -0.480 e. The number of rotatable bonds is 11. The third kappa shape index (κ3) is 6.16. The second kappa shape index (κ2) is 11.9. The van der Waals surface area contributed by atoms with E-state index in [0.717, 1.165) is 35.1 Å². The van der Waals surface area contributed by atoms with Gasteiger partial charge in [-0.3, -0.25) is 4.79 Å². The fraction of sp³-hybridized carbons (Fsp3) is 0.370. The second-order valence-corrected chi connectivity index (χ2v) is 8.38. The van der Waals surface area contributed by atoms with Crippen LogP contribution in [0.2, 0.25) is 0 Å². The van der Waals surface area contributed by atoms with Crippen molar-refractivity contribution >= 4 is 18.0 Å². The van der Waals surface area contributed by atoms with Gasteiger partial charge in [0.2, 0.25) is 5.91 Å². The van der Waals surface area contributed by atoms with Crippen LogP contribution in [0.4, 0.5) is 4.79 Å². The molecular formula is C27H30N2O5. The standard InChI is InChI=1S/C27H30N2O5/c1-3-5-11-18(16-25(30)29-24(10-4-2)26(31)32)28-27(33)34-17-23-21-14-8-6-12-19(21)20-13-7-9-15-22(20)23/h2,6-9,12-15,18,23-24H,3,5,10-11,16-17H2,1H3,(H,28,33)(H,29,30)(H,31,32). The van der Waals surface area contributed by atoms with Crippen LogP contribution in [0.25, 0.3) is 11.1 Å². The van der Waals surface area contributed by atoms with Gasteiger partial charge in [0.1, 0.15) is 12.6 Å². The fourth-order valence-electron chi connectivity index (χ4n) is 4.28. The van der Waals surface area contributed by atoms with E-state index in [9.17, 15) is 19.5 Å². The molecule has 1 aliphatic rings. The largest absolute Gasteiger partial charge is 0.480 e. The van der Waals surface area contributed by atoms with Gasteiger partial charge in [-0.15, -0.1) is 12.3 Å². The highest BCUT2D eigenvalue weighted by Crippen LogP contribution is 2.44. The van der Waals surface area contributed by atoms with Crippen molar-refractivity contribution in [3.8, 4) is 23.5 Å². The molecule has 2 atom stereocenters. The molecule has 2 aromatic carbocycles. The van der Waals surface area contributed by atoms with Crippen molar-refractivity contribution in [3.63, 3.8) is 0 Å². The number of nitrogens with one attached hydrogen (secondary N) is 2. The zero-order valence-electron chi connectivity index (χ0n) is 19.3. The summed E-state index contributed by atoms with van der Waals surface area (Å²) in [6.45, 7) is 2.19. The van der Waals surface area contributed by atoms with E-state index in [-0.39, 0.29) is 25.4 Å². The highest BCUT2D eigenvalue weighted by molar-refractivity contribution is 5.84. The molecule has 0 saturated carbocycles. The van der Waals surface area contributed by atoms with E-state index in [2.05, 4.69) is 28.7 Å². The Balaban J connectivity index is 1.60. The number of alkyl carbamates (subject to hydrolysis) is 1. The number of ether oxygens (including phenoxy) is 1. The van der Waals surface area contributed by atoms with Crippen LogP contribution < -0.4 is 10.6 Å². The van der Waals surface area contributed by atoms with Gasteiger partial charge in [0.05, 0.1) is 0 Å². The van der Waals surface area contributed by atoms with E-state index >= 15 is 0 Å². The minimum absolute atomic E-state index is 0.0570. The van der Waals surface area contributed by atoms with E-state index < -0.39 is 30.1 Å². The first kappa shape index (κ1) is 24.8. The molecule has 0 aromatic heterocycles. The van der Waals surface area contributed by atoms with Crippen molar-refractivity contribution in [1.82, 2.24) is 10.6 Å². The summed E-state index contributed by atoms with van der Waals surface area (Å²) in [5.41, 5.74) is 4.52. The molecule has 0 bridgehead atoms. The summed E-state index contributed by atoms with van der Waals surface area (Å²) in [6, 6.07) is 14.5. The van der Waals surface area contributed by atoms with Crippen molar-refractivity contribution in [2.24, 2.45) is 0 Å². The predicted octanol–water partition coefficient (Wildman–Crippen LogP) is 4.07. The summed E-state index contributed by atoms with van der Waals surface area (Å²) in [7, 11) is 0. The first-order chi connectivity index (χ1) is 16.4. The molecule has 34 heavy (non-hydrogen) atoms. The number of terminal acetylenes is 1. The SMILES string of the molecule is C#CCC(NC(=O)CC(CCCC)NC(=O)OCC1c2ccccc2-c2ccccc21)C(=O)O. The molecule has 7 nitrogen and oxygen atoms in total. The molecule has 2 aromatic rings. The highest BCUT2D eigenvalue weighted by Gasteiger charge is 2.29. The summed E-state index contributed by atoms with van der Waals surface area (Å²) in [6.07, 6.45) is 6.67. The Kier molecular flexibility index (Phi) is 8.69. The third-order valence-corrected chi connectivity index (χ3v) is 5.96. The van der Waals surface area contributed by atoms with Crippen molar-refractivity contribution < 1.29 is 24.2 Å². The maximum Gasteiger partial charge on any atom is 0.407 e. The summed E-state index contributed by atoms with van der Waals surface area (Å²) in [4.78, 5) is 36.3. The Morgan fingerprint density at radius 1 is 1.06 bits per heavy atom. The monoisotopic (exact) mass is 462 g/mol. The van der Waals surface area contributed by atoms with Crippen LogP contribution in [0.3, 0.4) is 0 Å². The number of carboxylic acid groups (broad SMARTS) is 1. The smallest absolute Gasteiger partial charge is 0.407 e. The number of fused-ring (bicyclic) bond motifs is 3. The Morgan fingerprint density at radius 3 is 2.24 bits per heavy atom. The summed E-state index contributed by atoms with van der Waals surface area (Å²) in [5.74, 6) is 0.510. The van der Waals surface area contributed by atoms with Crippen LogP contribution >= 0.6 is 0 Å². The van der Waals surface area contributed by atoms with Crippen LogP contribution in [0, 0.1) is 12.3 Å². The van der Waals surface area contributed by atoms with Gasteiger partial charge in [-0.25, -0.2) is 9.59 Å². The first-order valence-corrected chi connectivity index (χ1v) is 11.5. The Hall–Kier alpha value is -3.79. The number of carbonyl (C=O) groups is 3. The van der Waals surface area contributed by atoms with E-state index in [1.165, 1.54) is 0 Å². The summed E-state index contributed by atoms with van der Waals surface area (Å²) in [5, 5.41) is 14.4. The Morgan fingerprint density at radius 2 is 1.68 bits per heavy atom. The maximum absolute atomic E-state index is 12.6. The topological polar surface area (TPSA) is 105 Å². The fourth-order valence-corrected chi connectivity index (χ4v) is 4.28. The third-order valence-electron chi connectivity index (χ3n) is 5.96. The van der Waals surface area contributed by atoms with Gasteiger partial charge in [-0.1, -0.05) is 68.3 Å². The molecule has 2 unspecified atom stereocenters. The minimum atomic E-state index is -1.19. The normalized spacial score (nSPS) is 13.6. The van der Waals surface area contributed by atoms with Crippen LogP contribution in [-0.4, -0.2) is 41.8 Å².